The SMILES string of the molecule is Cc1ccc(C(C)N(C)C2CCCNCC2)cc1F. The summed E-state index contributed by atoms with van der Waals surface area (Å²) in [6.45, 7) is 6.19. The molecule has 0 aromatic heterocycles. The van der Waals surface area contributed by atoms with Crippen molar-refractivity contribution in [3.05, 3.63) is 35.1 Å². The molecule has 19 heavy (non-hydrogen) atoms. The molecule has 1 N–H and O–H groups in total. The fourth-order valence-electron chi connectivity index (χ4n) is 2.83. The summed E-state index contributed by atoms with van der Waals surface area (Å²) in [4.78, 5) is 2.40. The highest BCUT2D eigenvalue weighted by atomic mass is 19.1. The zero-order valence-electron chi connectivity index (χ0n) is 12.2. The molecule has 0 radical (unpaired) electrons. The molecule has 0 bridgehead atoms. The second kappa shape index (κ2) is 6.49. The molecule has 0 saturated carbocycles. The molecule has 1 aliphatic rings. The van der Waals surface area contributed by atoms with Crippen LogP contribution in [-0.2, 0) is 0 Å². The van der Waals surface area contributed by atoms with Crippen molar-refractivity contribution in [2.24, 2.45) is 0 Å². The maximum atomic E-state index is 13.7. The number of rotatable bonds is 3. The van der Waals surface area contributed by atoms with E-state index in [0.29, 0.717) is 6.04 Å². The second-order valence-corrected chi connectivity index (χ2v) is 5.68. The number of aryl methyl sites for hydroxylation is 1. The Morgan fingerprint density at radius 1 is 1.32 bits per heavy atom. The van der Waals surface area contributed by atoms with Crippen molar-refractivity contribution in [3.63, 3.8) is 0 Å². The minimum absolute atomic E-state index is 0.0970. The molecular weight excluding hydrogens is 239 g/mol. The zero-order chi connectivity index (χ0) is 13.8. The Balaban J connectivity index is 2.08. The lowest BCUT2D eigenvalue weighted by Gasteiger charge is -2.33. The van der Waals surface area contributed by atoms with Crippen LogP contribution in [0.1, 0.15) is 43.4 Å². The number of halogens is 1. The van der Waals surface area contributed by atoms with Gasteiger partial charge in [-0.25, -0.2) is 4.39 Å². The van der Waals surface area contributed by atoms with E-state index < -0.39 is 0 Å². The molecule has 0 spiro atoms. The van der Waals surface area contributed by atoms with Crippen LogP contribution in [0.15, 0.2) is 18.2 Å². The van der Waals surface area contributed by atoms with E-state index in [1.54, 1.807) is 6.07 Å². The third-order valence-corrected chi connectivity index (χ3v) is 4.41. The fraction of sp³-hybridized carbons (Fsp3) is 0.625. The molecule has 2 atom stereocenters. The molecule has 1 aliphatic heterocycles. The lowest BCUT2D eigenvalue weighted by molar-refractivity contribution is 0.171. The van der Waals surface area contributed by atoms with Crippen LogP contribution in [0.25, 0.3) is 0 Å². The van der Waals surface area contributed by atoms with E-state index in [0.717, 1.165) is 24.2 Å². The molecule has 0 amide bonds. The Morgan fingerprint density at radius 3 is 2.84 bits per heavy atom. The minimum atomic E-state index is -0.0970. The number of hydrogen-bond acceptors (Lipinski definition) is 2. The van der Waals surface area contributed by atoms with E-state index >= 15 is 0 Å². The van der Waals surface area contributed by atoms with Gasteiger partial charge < -0.3 is 5.32 Å². The minimum Gasteiger partial charge on any atom is -0.317 e. The Kier molecular flexibility index (Phi) is 4.94. The molecule has 2 unspecified atom stereocenters. The van der Waals surface area contributed by atoms with Gasteiger partial charge in [0.2, 0.25) is 0 Å². The monoisotopic (exact) mass is 264 g/mol. The van der Waals surface area contributed by atoms with Crippen molar-refractivity contribution in [2.75, 3.05) is 20.1 Å². The van der Waals surface area contributed by atoms with E-state index in [9.17, 15) is 4.39 Å². The topological polar surface area (TPSA) is 15.3 Å². The van der Waals surface area contributed by atoms with Gasteiger partial charge in [-0.3, -0.25) is 4.90 Å². The highest BCUT2D eigenvalue weighted by Crippen LogP contribution is 2.25. The number of benzene rings is 1. The van der Waals surface area contributed by atoms with Crippen molar-refractivity contribution >= 4 is 0 Å². The van der Waals surface area contributed by atoms with Gasteiger partial charge in [-0.15, -0.1) is 0 Å². The van der Waals surface area contributed by atoms with Crippen LogP contribution in [-0.4, -0.2) is 31.1 Å². The quantitative estimate of drug-likeness (QED) is 0.901. The van der Waals surface area contributed by atoms with Crippen molar-refractivity contribution < 1.29 is 4.39 Å². The lowest BCUT2D eigenvalue weighted by Crippen LogP contribution is -2.34. The first kappa shape index (κ1) is 14.5. The molecular formula is C16H25FN2. The van der Waals surface area contributed by atoms with Gasteiger partial charge in [0, 0.05) is 12.1 Å². The van der Waals surface area contributed by atoms with Crippen LogP contribution in [0.5, 0.6) is 0 Å². The molecule has 106 valence electrons. The van der Waals surface area contributed by atoms with Crippen LogP contribution in [0.2, 0.25) is 0 Å². The summed E-state index contributed by atoms with van der Waals surface area (Å²) in [6, 6.07) is 6.47. The average Bonchev–Trinajstić information content (AvgIpc) is 2.69. The van der Waals surface area contributed by atoms with Gasteiger partial charge in [0.05, 0.1) is 0 Å². The molecule has 1 heterocycles. The molecule has 1 fully saturated rings. The summed E-state index contributed by atoms with van der Waals surface area (Å²) < 4.78 is 13.7. The largest absolute Gasteiger partial charge is 0.317 e. The standard InChI is InChI=1S/C16H25FN2/c1-12-6-7-14(11-16(12)17)13(2)19(3)15-5-4-9-18-10-8-15/h6-7,11,13,15,18H,4-5,8-10H2,1-3H3. The fourth-order valence-corrected chi connectivity index (χ4v) is 2.83. The molecule has 2 nitrogen and oxygen atoms in total. The van der Waals surface area contributed by atoms with Crippen LogP contribution in [0.4, 0.5) is 4.39 Å². The molecule has 0 aliphatic carbocycles. The van der Waals surface area contributed by atoms with E-state index in [1.807, 2.05) is 13.0 Å². The van der Waals surface area contributed by atoms with Crippen LogP contribution in [0, 0.1) is 12.7 Å². The summed E-state index contributed by atoms with van der Waals surface area (Å²) in [5.41, 5.74) is 1.79. The highest BCUT2D eigenvalue weighted by Gasteiger charge is 2.22. The maximum absolute atomic E-state index is 13.7. The summed E-state index contributed by atoms with van der Waals surface area (Å²) in [5, 5.41) is 3.44. The van der Waals surface area contributed by atoms with E-state index in [1.165, 1.54) is 19.3 Å². The maximum Gasteiger partial charge on any atom is 0.126 e. The Bertz CT molecular complexity index is 411. The normalized spacial score (nSPS) is 22.3. The highest BCUT2D eigenvalue weighted by molar-refractivity contribution is 5.25. The smallest absolute Gasteiger partial charge is 0.126 e. The third-order valence-electron chi connectivity index (χ3n) is 4.41. The van der Waals surface area contributed by atoms with Gasteiger partial charge >= 0.3 is 0 Å². The van der Waals surface area contributed by atoms with Gasteiger partial charge in [0.1, 0.15) is 5.82 Å². The first-order valence-corrected chi connectivity index (χ1v) is 7.28. The van der Waals surface area contributed by atoms with Gasteiger partial charge in [-0.1, -0.05) is 12.1 Å². The zero-order valence-corrected chi connectivity index (χ0v) is 12.2. The molecule has 1 aromatic carbocycles. The summed E-state index contributed by atoms with van der Waals surface area (Å²) in [7, 11) is 2.17. The average molecular weight is 264 g/mol. The van der Waals surface area contributed by atoms with Crippen molar-refractivity contribution in [2.45, 2.75) is 45.2 Å². The van der Waals surface area contributed by atoms with E-state index in [-0.39, 0.29) is 11.9 Å². The summed E-state index contributed by atoms with van der Waals surface area (Å²) in [6.07, 6.45) is 3.63. The lowest BCUT2D eigenvalue weighted by atomic mass is 10.0. The van der Waals surface area contributed by atoms with Gasteiger partial charge in [-0.2, -0.15) is 0 Å². The van der Waals surface area contributed by atoms with Gasteiger partial charge in [0.15, 0.2) is 0 Å². The number of hydrogen-bond donors (Lipinski definition) is 1. The van der Waals surface area contributed by atoms with E-state index in [2.05, 4.69) is 30.3 Å². The predicted molar refractivity (Wildman–Crippen MR) is 77.8 cm³/mol. The van der Waals surface area contributed by atoms with E-state index in [4.69, 9.17) is 0 Å². The molecule has 2 rings (SSSR count). The van der Waals surface area contributed by atoms with Gasteiger partial charge in [0.25, 0.3) is 0 Å². The van der Waals surface area contributed by atoms with Crippen LogP contribution < -0.4 is 5.32 Å². The van der Waals surface area contributed by atoms with Gasteiger partial charge in [-0.05, 0) is 70.4 Å². The van der Waals surface area contributed by atoms with Crippen molar-refractivity contribution in [3.8, 4) is 0 Å². The Labute approximate surface area is 116 Å². The van der Waals surface area contributed by atoms with Crippen molar-refractivity contribution in [1.82, 2.24) is 10.2 Å². The Hall–Kier alpha value is -0.930. The summed E-state index contributed by atoms with van der Waals surface area (Å²) in [5.74, 6) is -0.0970. The molecule has 1 saturated heterocycles. The first-order valence-electron chi connectivity index (χ1n) is 7.28. The van der Waals surface area contributed by atoms with Crippen LogP contribution in [0.3, 0.4) is 0 Å². The number of nitrogens with one attached hydrogen (secondary N) is 1. The summed E-state index contributed by atoms with van der Waals surface area (Å²) >= 11 is 0. The van der Waals surface area contributed by atoms with Crippen LogP contribution >= 0.6 is 0 Å². The van der Waals surface area contributed by atoms with Crippen molar-refractivity contribution in [1.29, 1.82) is 0 Å². The third kappa shape index (κ3) is 3.54. The molecule has 3 heteroatoms. The number of nitrogens with zero attached hydrogens (tertiary/aromatic N) is 1. The first-order chi connectivity index (χ1) is 9.09. The predicted octanol–water partition coefficient (Wildman–Crippen LogP) is 3.27. The Morgan fingerprint density at radius 2 is 2.11 bits per heavy atom. The second-order valence-electron chi connectivity index (χ2n) is 5.68. The molecule has 1 aromatic rings.